The average Bonchev–Trinajstić information content (AvgIpc) is 2.96. The number of carbonyl (C=O) groups is 1. The lowest BCUT2D eigenvalue weighted by Crippen LogP contribution is -2.47. The second-order valence-electron chi connectivity index (χ2n) is 6.34. The Morgan fingerprint density at radius 2 is 1.95 bits per heavy atom. The summed E-state index contributed by atoms with van der Waals surface area (Å²) in [5.74, 6) is 0.526. The molecule has 1 saturated heterocycles. The smallest absolute Gasteiger partial charge is 0.226 e. The molecule has 0 saturated carbocycles. The van der Waals surface area contributed by atoms with E-state index in [1.165, 1.54) is 17.5 Å². The van der Waals surface area contributed by atoms with Gasteiger partial charge in [0.15, 0.2) is 0 Å². The topological polar surface area (TPSA) is 29.5 Å². The molecule has 1 amide bonds. The highest BCUT2D eigenvalue weighted by molar-refractivity contribution is 5.81. The van der Waals surface area contributed by atoms with Crippen molar-refractivity contribution in [3.05, 3.63) is 35.4 Å². The molecule has 1 fully saturated rings. The molecule has 1 aromatic carbocycles. The highest BCUT2D eigenvalue weighted by Gasteiger charge is 2.34. The molecule has 0 aromatic heterocycles. The molecular weight excluding hydrogens is 262 g/mol. The number of likely N-dealkylation sites (tertiary alicyclic amines) is 1. The summed E-state index contributed by atoms with van der Waals surface area (Å²) in [5, 5.41) is 0. The average molecular weight is 287 g/mol. The molecule has 3 nitrogen and oxygen atoms in total. The zero-order chi connectivity index (χ0) is 14.7. The Bertz CT molecular complexity index is 475. The summed E-state index contributed by atoms with van der Waals surface area (Å²) in [4.78, 5) is 15.1. The number of rotatable bonds is 4. The largest absolute Gasteiger partial charge is 0.385 e. The maximum atomic E-state index is 12.9. The summed E-state index contributed by atoms with van der Waals surface area (Å²) in [6.07, 6.45) is 6.33. The standard InChI is InChI=1S/C18H25NO2/c1-21-11-9-17-8-4-5-10-19(17)18(20)16-12-14-6-2-3-7-15(14)13-16/h2-3,6-7,16-17H,4-5,8-13H2,1H3/t17-/m0/s1. The van der Waals surface area contributed by atoms with Crippen molar-refractivity contribution in [1.29, 1.82) is 0 Å². The van der Waals surface area contributed by atoms with Gasteiger partial charge in [0, 0.05) is 32.2 Å². The van der Waals surface area contributed by atoms with Gasteiger partial charge in [-0.05, 0) is 49.7 Å². The van der Waals surface area contributed by atoms with Gasteiger partial charge in [0.2, 0.25) is 5.91 Å². The van der Waals surface area contributed by atoms with E-state index >= 15 is 0 Å². The van der Waals surface area contributed by atoms with Gasteiger partial charge in [0.1, 0.15) is 0 Å². The fourth-order valence-corrected chi connectivity index (χ4v) is 3.81. The molecule has 3 rings (SSSR count). The lowest BCUT2D eigenvalue weighted by molar-refractivity contribution is -0.139. The summed E-state index contributed by atoms with van der Waals surface area (Å²) in [6.45, 7) is 1.68. The Morgan fingerprint density at radius 1 is 1.24 bits per heavy atom. The van der Waals surface area contributed by atoms with Crippen molar-refractivity contribution >= 4 is 5.91 Å². The van der Waals surface area contributed by atoms with E-state index in [0.717, 1.165) is 45.3 Å². The fourth-order valence-electron chi connectivity index (χ4n) is 3.81. The normalized spacial score (nSPS) is 22.3. The second kappa shape index (κ2) is 6.61. The first-order chi connectivity index (χ1) is 10.3. The van der Waals surface area contributed by atoms with Crippen molar-refractivity contribution in [3.63, 3.8) is 0 Å². The van der Waals surface area contributed by atoms with Crippen molar-refractivity contribution in [2.24, 2.45) is 5.92 Å². The van der Waals surface area contributed by atoms with Crippen LogP contribution in [-0.2, 0) is 22.4 Å². The number of hydrogen-bond acceptors (Lipinski definition) is 2. The van der Waals surface area contributed by atoms with Gasteiger partial charge in [0.25, 0.3) is 0 Å². The number of ether oxygens (including phenoxy) is 1. The molecule has 1 atom stereocenters. The summed E-state index contributed by atoms with van der Waals surface area (Å²) in [7, 11) is 1.74. The predicted molar refractivity (Wildman–Crippen MR) is 83.2 cm³/mol. The van der Waals surface area contributed by atoms with Crippen LogP contribution in [0, 0.1) is 5.92 Å². The predicted octanol–water partition coefficient (Wildman–Crippen LogP) is 2.82. The SMILES string of the molecule is COCC[C@@H]1CCCCN1C(=O)C1Cc2ccccc2C1. The molecule has 2 aliphatic rings. The third-order valence-corrected chi connectivity index (χ3v) is 4.97. The minimum atomic E-state index is 0.158. The first-order valence-corrected chi connectivity index (χ1v) is 8.16. The fraction of sp³-hybridized carbons (Fsp3) is 0.611. The van der Waals surface area contributed by atoms with Gasteiger partial charge in [-0.3, -0.25) is 4.79 Å². The van der Waals surface area contributed by atoms with Crippen molar-refractivity contribution < 1.29 is 9.53 Å². The van der Waals surface area contributed by atoms with Gasteiger partial charge in [-0.2, -0.15) is 0 Å². The summed E-state index contributed by atoms with van der Waals surface area (Å²) < 4.78 is 5.21. The number of benzene rings is 1. The van der Waals surface area contributed by atoms with Gasteiger partial charge in [-0.15, -0.1) is 0 Å². The number of fused-ring (bicyclic) bond motifs is 1. The number of hydrogen-bond donors (Lipinski definition) is 0. The third kappa shape index (κ3) is 3.13. The molecule has 0 bridgehead atoms. The van der Waals surface area contributed by atoms with Crippen LogP contribution in [0.2, 0.25) is 0 Å². The van der Waals surface area contributed by atoms with E-state index in [4.69, 9.17) is 4.74 Å². The first-order valence-electron chi connectivity index (χ1n) is 8.16. The molecule has 0 N–H and O–H groups in total. The van der Waals surface area contributed by atoms with Crippen LogP contribution in [0.3, 0.4) is 0 Å². The van der Waals surface area contributed by atoms with Gasteiger partial charge < -0.3 is 9.64 Å². The van der Waals surface area contributed by atoms with Crippen molar-refractivity contribution in [2.45, 2.75) is 44.6 Å². The molecular formula is C18H25NO2. The minimum absolute atomic E-state index is 0.158. The van der Waals surface area contributed by atoms with E-state index < -0.39 is 0 Å². The van der Waals surface area contributed by atoms with Crippen LogP contribution in [0.5, 0.6) is 0 Å². The molecule has 0 spiro atoms. The Labute approximate surface area is 127 Å². The van der Waals surface area contributed by atoms with Crippen LogP contribution >= 0.6 is 0 Å². The molecule has 114 valence electrons. The number of amides is 1. The van der Waals surface area contributed by atoms with Crippen LogP contribution < -0.4 is 0 Å². The van der Waals surface area contributed by atoms with Crippen molar-refractivity contribution in [1.82, 2.24) is 4.90 Å². The number of nitrogens with zero attached hydrogens (tertiary/aromatic N) is 1. The molecule has 1 aromatic rings. The minimum Gasteiger partial charge on any atom is -0.385 e. The van der Waals surface area contributed by atoms with Crippen LogP contribution in [0.1, 0.15) is 36.8 Å². The van der Waals surface area contributed by atoms with E-state index in [1.54, 1.807) is 7.11 Å². The Hall–Kier alpha value is -1.35. The number of carbonyl (C=O) groups excluding carboxylic acids is 1. The van der Waals surface area contributed by atoms with Gasteiger partial charge in [-0.25, -0.2) is 0 Å². The summed E-state index contributed by atoms with van der Waals surface area (Å²) in [5.41, 5.74) is 2.72. The van der Waals surface area contributed by atoms with Crippen molar-refractivity contribution in [2.75, 3.05) is 20.3 Å². The summed E-state index contributed by atoms with van der Waals surface area (Å²) >= 11 is 0. The number of methoxy groups -OCH3 is 1. The third-order valence-electron chi connectivity index (χ3n) is 4.97. The van der Waals surface area contributed by atoms with Crippen LogP contribution in [0.4, 0.5) is 0 Å². The van der Waals surface area contributed by atoms with Gasteiger partial charge in [0.05, 0.1) is 0 Å². The molecule has 1 aliphatic heterocycles. The van der Waals surface area contributed by atoms with Gasteiger partial charge >= 0.3 is 0 Å². The second-order valence-corrected chi connectivity index (χ2v) is 6.34. The Kier molecular flexibility index (Phi) is 4.59. The lowest BCUT2D eigenvalue weighted by atomic mass is 9.96. The van der Waals surface area contributed by atoms with E-state index in [9.17, 15) is 4.79 Å². The van der Waals surface area contributed by atoms with Crippen molar-refractivity contribution in [3.8, 4) is 0 Å². The van der Waals surface area contributed by atoms with E-state index in [1.807, 2.05) is 0 Å². The quantitative estimate of drug-likeness (QED) is 0.852. The van der Waals surface area contributed by atoms with Crippen LogP contribution in [0.15, 0.2) is 24.3 Å². The first kappa shape index (κ1) is 14.6. The number of piperidine rings is 1. The van der Waals surface area contributed by atoms with E-state index in [0.29, 0.717) is 11.9 Å². The molecule has 0 unspecified atom stereocenters. The molecule has 21 heavy (non-hydrogen) atoms. The van der Waals surface area contributed by atoms with Gasteiger partial charge in [-0.1, -0.05) is 24.3 Å². The van der Waals surface area contributed by atoms with E-state index in [-0.39, 0.29) is 5.92 Å². The maximum Gasteiger partial charge on any atom is 0.226 e. The van der Waals surface area contributed by atoms with Crippen LogP contribution in [-0.4, -0.2) is 37.1 Å². The zero-order valence-electron chi connectivity index (χ0n) is 12.9. The Morgan fingerprint density at radius 3 is 2.62 bits per heavy atom. The molecule has 1 heterocycles. The molecule has 0 radical (unpaired) electrons. The molecule has 1 aliphatic carbocycles. The van der Waals surface area contributed by atoms with E-state index in [2.05, 4.69) is 29.2 Å². The summed E-state index contributed by atoms with van der Waals surface area (Å²) in [6, 6.07) is 8.87. The monoisotopic (exact) mass is 287 g/mol. The Balaban J connectivity index is 1.67. The highest BCUT2D eigenvalue weighted by atomic mass is 16.5. The van der Waals surface area contributed by atoms with Crippen LogP contribution in [0.25, 0.3) is 0 Å². The zero-order valence-corrected chi connectivity index (χ0v) is 12.9. The molecule has 3 heteroatoms. The highest BCUT2D eigenvalue weighted by Crippen LogP contribution is 2.30. The lowest BCUT2D eigenvalue weighted by Gasteiger charge is -2.37. The maximum absolute atomic E-state index is 12.9.